The molecule has 5 nitrogen and oxygen atoms in total. The van der Waals surface area contributed by atoms with Gasteiger partial charge in [0.2, 0.25) is 0 Å². The van der Waals surface area contributed by atoms with Crippen LogP contribution in [0.5, 0.6) is 5.75 Å². The smallest absolute Gasteiger partial charge is 0.258 e. The van der Waals surface area contributed by atoms with E-state index >= 15 is 0 Å². The average Bonchev–Trinajstić information content (AvgIpc) is 2.40. The lowest BCUT2D eigenvalue weighted by Crippen LogP contribution is -2.66. The van der Waals surface area contributed by atoms with Crippen molar-refractivity contribution in [3.05, 3.63) is 24.3 Å². The van der Waals surface area contributed by atoms with Crippen LogP contribution in [0.25, 0.3) is 0 Å². The monoisotopic (exact) mass is 249 g/mol. The minimum absolute atomic E-state index is 0.116. The van der Waals surface area contributed by atoms with Gasteiger partial charge in [0.15, 0.2) is 6.10 Å². The van der Waals surface area contributed by atoms with Crippen LogP contribution in [0.2, 0.25) is 0 Å². The predicted molar refractivity (Wildman–Crippen MR) is 65.7 cm³/mol. The van der Waals surface area contributed by atoms with E-state index in [1.165, 1.54) is 7.11 Å². The maximum Gasteiger partial charge on any atom is 0.258 e. The van der Waals surface area contributed by atoms with Gasteiger partial charge in [-0.05, 0) is 24.3 Å². The van der Waals surface area contributed by atoms with Crippen molar-refractivity contribution in [2.75, 3.05) is 19.1 Å². The Bertz CT molecular complexity index is 443. The number of carbonyl (C=O) groups excluding carboxylic acids is 2. The molecule has 0 unspecified atom stereocenters. The Kier molecular flexibility index (Phi) is 3.62. The summed E-state index contributed by atoms with van der Waals surface area (Å²) >= 11 is 0. The van der Waals surface area contributed by atoms with Crippen LogP contribution >= 0.6 is 0 Å². The average molecular weight is 249 g/mol. The molecule has 0 aromatic heterocycles. The molecule has 1 amide bonds. The van der Waals surface area contributed by atoms with Gasteiger partial charge in [-0.25, -0.2) is 0 Å². The summed E-state index contributed by atoms with van der Waals surface area (Å²) in [6.07, 6.45) is 0.563. The molecular formula is C13H15NO4. The molecule has 0 bridgehead atoms. The largest absolute Gasteiger partial charge is 0.497 e. The molecule has 1 aromatic rings. The number of benzene rings is 1. The number of methoxy groups -OCH3 is 2. The first-order valence-electron chi connectivity index (χ1n) is 5.66. The van der Waals surface area contributed by atoms with E-state index in [2.05, 4.69) is 0 Å². The second-order valence-electron chi connectivity index (χ2n) is 4.03. The third-order valence-corrected chi connectivity index (χ3v) is 3.10. The van der Waals surface area contributed by atoms with Crippen molar-refractivity contribution in [1.29, 1.82) is 0 Å². The summed E-state index contributed by atoms with van der Waals surface area (Å²) < 4.78 is 10.1. The lowest BCUT2D eigenvalue weighted by Gasteiger charge is -2.45. The highest BCUT2D eigenvalue weighted by Gasteiger charge is 2.48. The first kappa shape index (κ1) is 12.6. The van der Waals surface area contributed by atoms with Crippen LogP contribution in [-0.4, -0.2) is 38.6 Å². The molecule has 1 aliphatic rings. The number of amides is 1. The number of aldehydes is 1. The number of rotatable bonds is 5. The van der Waals surface area contributed by atoms with Crippen molar-refractivity contribution in [1.82, 2.24) is 0 Å². The van der Waals surface area contributed by atoms with E-state index in [0.29, 0.717) is 0 Å². The Hall–Kier alpha value is -1.88. The minimum atomic E-state index is -0.516. The fourth-order valence-electron chi connectivity index (χ4n) is 2.17. The number of nitrogens with zero attached hydrogens (tertiary/aromatic N) is 1. The number of ether oxygens (including phenoxy) is 2. The fraction of sp³-hybridized carbons (Fsp3) is 0.385. The molecule has 5 heteroatoms. The Morgan fingerprint density at radius 1 is 1.28 bits per heavy atom. The summed E-state index contributed by atoms with van der Waals surface area (Å²) in [5, 5.41) is 0. The molecule has 0 saturated carbocycles. The van der Waals surface area contributed by atoms with Crippen molar-refractivity contribution < 1.29 is 19.1 Å². The lowest BCUT2D eigenvalue weighted by molar-refractivity contribution is -0.140. The van der Waals surface area contributed by atoms with Crippen molar-refractivity contribution in [2.45, 2.75) is 18.6 Å². The zero-order chi connectivity index (χ0) is 13.1. The van der Waals surface area contributed by atoms with Gasteiger partial charge in [-0.2, -0.15) is 0 Å². The molecule has 2 atom stereocenters. The van der Waals surface area contributed by atoms with E-state index < -0.39 is 6.10 Å². The second-order valence-corrected chi connectivity index (χ2v) is 4.03. The van der Waals surface area contributed by atoms with Crippen LogP contribution in [0, 0.1) is 0 Å². The van der Waals surface area contributed by atoms with Gasteiger partial charge >= 0.3 is 0 Å². The van der Waals surface area contributed by atoms with E-state index in [-0.39, 0.29) is 18.4 Å². The van der Waals surface area contributed by atoms with Crippen LogP contribution in [-0.2, 0) is 14.3 Å². The first-order valence-corrected chi connectivity index (χ1v) is 5.66. The summed E-state index contributed by atoms with van der Waals surface area (Å²) in [6, 6.07) is 6.93. The van der Waals surface area contributed by atoms with Crippen molar-refractivity contribution in [3.63, 3.8) is 0 Å². The summed E-state index contributed by atoms with van der Waals surface area (Å²) in [6.45, 7) is 0. The number of anilines is 1. The van der Waals surface area contributed by atoms with Crippen LogP contribution in [0.15, 0.2) is 24.3 Å². The Balaban J connectivity index is 2.20. The summed E-state index contributed by atoms with van der Waals surface area (Å²) in [7, 11) is 3.06. The number of hydrogen-bond donors (Lipinski definition) is 0. The molecule has 1 aromatic carbocycles. The maximum absolute atomic E-state index is 11.9. The lowest BCUT2D eigenvalue weighted by atomic mass is 9.94. The predicted octanol–water partition coefficient (Wildman–Crippen LogP) is 1.01. The van der Waals surface area contributed by atoms with E-state index in [1.54, 1.807) is 36.3 Å². The Morgan fingerprint density at radius 3 is 2.44 bits per heavy atom. The van der Waals surface area contributed by atoms with Gasteiger partial charge < -0.3 is 19.2 Å². The van der Waals surface area contributed by atoms with Crippen LogP contribution in [0.3, 0.4) is 0 Å². The Labute approximate surface area is 105 Å². The van der Waals surface area contributed by atoms with Gasteiger partial charge in [-0.1, -0.05) is 0 Å². The molecule has 0 spiro atoms. The number of carbonyl (C=O) groups is 2. The summed E-state index contributed by atoms with van der Waals surface area (Å²) in [5.41, 5.74) is 0.751. The van der Waals surface area contributed by atoms with Crippen molar-refractivity contribution in [3.8, 4) is 5.75 Å². The molecule has 96 valence electrons. The highest BCUT2D eigenvalue weighted by Crippen LogP contribution is 2.32. The molecule has 1 heterocycles. The summed E-state index contributed by atoms with van der Waals surface area (Å²) in [5.74, 6) is 0.608. The van der Waals surface area contributed by atoms with E-state index in [1.807, 2.05) is 0 Å². The SMILES string of the molecule is COc1ccc(N2C(=O)[C@H](OC)[C@@H]2CC=O)cc1. The van der Waals surface area contributed by atoms with Crippen LogP contribution in [0.4, 0.5) is 5.69 Å². The van der Waals surface area contributed by atoms with Gasteiger partial charge in [0.25, 0.3) is 5.91 Å². The zero-order valence-corrected chi connectivity index (χ0v) is 10.3. The number of hydrogen-bond acceptors (Lipinski definition) is 4. The highest BCUT2D eigenvalue weighted by atomic mass is 16.5. The van der Waals surface area contributed by atoms with Gasteiger partial charge in [0.1, 0.15) is 12.0 Å². The normalized spacial score (nSPS) is 22.6. The third-order valence-electron chi connectivity index (χ3n) is 3.10. The molecule has 1 saturated heterocycles. The van der Waals surface area contributed by atoms with Gasteiger partial charge in [-0.3, -0.25) is 4.79 Å². The molecule has 0 radical (unpaired) electrons. The number of β-lactam (4-membered cyclic amide) rings is 1. The molecule has 0 aliphatic carbocycles. The highest BCUT2D eigenvalue weighted by molar-refractivity contribution is 6.05. The summed E-state index contributed by atoms with van der Waals surface area (Å²) in [4.78, 5) is 24.1. The Morgan fingerprint density at radius 2 is 1.94 bits per heavy atom. The second kappa shape index (κ2) is 5.18. The standard InChI is InChI=1S/C13H15NO4/c1-17-10-5-3-9(4-6-10)14-11(7-8-15)12(18-2)13(14)16/h3-6,8,11-12H,7H2,1-2H3/t11-,12+/m0/s1. The van der Waals surface area contributed by atoms with E-state index in [4.69, 9.17) is 9.47 Å². The fourth-order valence-corrected chi connectivity index (χ4v) is 2.17. The third kappa shape index (κ3) is 1.97. The molecule has 2 rings (SSSR count). The molecular weight excluding hydrogens is 234 g/mol. The topological polar surface area (TPSA) is 55.8 Å². The van der Waals surface area contributed by atoms with Gasteiger partial charge in [0, 0.05) is 19.2 Å². The van der Waals surface area contributed by atoms with Crippen molar-refractivity contribution >= 4 is 17.9 Å². The van der Waals surface area contributed by atoms with Gasteiger partial charge in [0.05, 0.1) is 13.2 Å². The van der Waals surface area contributed by atoms with E-state index in [9.17, 15) is 9.59 Å². The minimum Gasteiger partial charge on any atom is -0.497 e. The van der Waals surface area contributed by atoms with Crippen molar-refractivity contribution in [2.24, 2.45) is 0 Å². The molecule has 18 heavy (non-hydrogen) atoms. The maximum atomic E-state index is 11.9. The van der Waals surface area contributed by atoms with Crippen LogP contribution in [0.1, 0.15) is 6.42 Å². The van der Waals surface area contributed by atoms with Gasteiger partial charge in [-0.15, -0.1) is 0 Å². The molecule has 1 fully saturated rings. The quantitative estimate of drug-likeness (QED) is 0.577. The van der Waals surface area contributed by atoms with Crippen LogP contribution < -0.4 is 9.64 Å². The first-order chi connectivity index (χ1) is 8.72. The zero-order valence-electron chi connectivity index (χ0n) is 10.3. The molecule has 0 N–H and O–H groups in total. The molecule has 1 aliphatic heterocycles. The van der Waals surface area contributed by atoms with E-state index in [0.717, 1.165) is 17.7 Å².